The number of morpholine rings is 1. The van der Waals surface area contributed by atoms with Crippen LogP contribution in [0.1, 0.15) is 18.4 Å². The number of rotatable bonds is 10. The Hall–Kier alpha value is -2.47. The van der Waals surface area contributed by atoms with Gasteiger partial charge in [-0.05, 0) is 36.5 Å². The van der Waals surface area contributed by atoms with Crippen molar-refractivity contribution in [3.63, 3.8) is 0 Å². The predicted octanol–water partition coefficient (Wildman–Crippen LogP) is 0.519. The maximum Gasteiger partial charge on any atom is 0.407 e. The third-order valence-corrected chi connectivity index (χ3v) is 7.25. The molecule has 1 aromatic rings. The number of anilines is 1. The minimum atomic E-state index is -3.21. The summed E-state index contributed by atoms with van der Waals surface area (Å²) < 4.78 is 36.9. The number of nitrogens with one attached hydrogen (secondary N) is 4. The van der Waals surface area contributed by atoms with Gasteiger partial charge in [-0.25, -0.2) is 17.9 Å². The molecule has 2 atom stereocenters. The Balaban J connectivity index is 1.47. The Morgan fingerprint density at radius 1 is 1.28 bits per heavy atom. The van der Waals surface area contributed by atoms with E-state index in [0.29, 0.717) is 31.8 Å². The molecule has 1 aliphatic carbocycles. The molecule has 0 bridgehead atoms. The number of carbonyl (C=O) groups excluding carboxylic acids is 2. The van der Waals surface area contributed by atoms with Gasteiger partial charge in [-0.2, -0.15) is 0 Å². The van der Waals surface area contributed by atoms with E-state index >= 15 is 0 Å². The molecule has 0 aromatic heterocycles. The monoisotopic (exact) mass is 466 g/mol. The molecule has 1 heterocycles. The average Bonchev–Trinajstić information content (AvgIpc) is 3.64. The molecule has 2 unspecified atom stereocenters. The Kier molecular flexibility index (Phi) is 8.24. The summed E-state index contributed by atoms with van der Waals surface area (Å²) in [5, 5.41) is 8.19. The molecule has 0 radical (unpaired) electrons. The summed E-state index contributed by atoms with van der Waals surface area (Å²) in [6, 6.07) is 7.25. The molecule has 0 spiro atoms. The summed E-state index contributed by atoms with van der Waals surface area (Å²) in [6.45, 7) is 5.13. The van der Waals surface area contributed by atoms with Crippen molar-refractivity contribution in [3.8, 4) is 0 Å². The average molecular weight is 467 g/mol. The highest BCUT2D eigenvalue weighted by atomic mass is 32.2. The Morgan fingerprint density at radius 2 is 2.03 bits per heavy atom. The molecule has 1 saturated carbocycles. The van der Waals surface area contributed by atoms with Gasteiger partial charge < -0.3 is 25.4 Å². The maximum absolute atomic E-state index is 12.1. The minimum Gasteiger partial charge on any atom is -0.453 e. The van der Waals surface area contributed by atoms with E-state index in [1.165, 1.54) is 7.11 Å². The second-order valence-corrected chi connectivity index (χ2v) is 9.95. The first-order chi connectivity index (χ1) is 15.3. The largest absolute Gasteiger partial charge is 0.453 e. The molecule has 4 N–H and O–H groups in total. The fraction of sp³-hybridized carbons (Fsp3) is 0.524. The molecule has 1 aromatic carbocycles. The van der Waals surface area contributed by atoms with Gasteiger partial charge in [0, 0.05) is 24.8 Å². The van der Waals surface area contributed by atoms with Crippen LogP contribution in [0.25, 0.3) is 0 Å². The van der Waals surface area contributed by atoms with Gasteiger partial charge in [-0.15, -0.1) is 0 Å². The van der Waals surface area contributed by atoms with E-state index in [1.54, 1.807) is 6.07 Å². The maximum atomic E-state index is 12.1. The molecular formula is C21H30N4O6S. The van der Waals surface area contributed by atoms with Gasteiger partial charge in [-0.3, -0.25) is 4.79 Å². The van der Waals surface area contributed by atoms with E-state index in [-0.39, 0.29) is 29.8 Å². The van der Waals surface area contributed by atoms with E-state index in [4.69, 9.17) is 4.74 Å². The first-order valence-corrected chi connectivity index (χ1v) is 12.0. The van der Waals surface area contributed by atoms with E-state index in [9.17, 15) is 18.0 Å². The number of carbonyl (C=O) groups is 2. The molecule has 10 nitrogen and oxygen atoms in total. The topological polar surface area (TPSA) is 135 Å². The number of methoxy groups -OCH3 is 1. The summed E-state index contributed by atoms with van der Waals surface area (Å²) in [4.78, 5) is 23.2. The van der Waals surface area contributed by atoms with Gasteiger partial charge in [0.25, 0.3) is 0 Å². The summed E-state index contributed by atoms with van der Waals surface area (Å²) in [5.41, 5.74) is 2.33. The van der Waals surface area contributed by atoms with Gasteiger partial charge in [0.15, 0.2) is 0 Å². The number of alkyl carbamates (subject to hydrolysis) is 1. The van der Waals surface area contributed by atoms with Crippen LogP contribution >= 0.6 is 0 Å². The van der Waals surface area contributed by atoms with Gasteiger partial charge in [0.05, 0.1) is 25.1 Å². The molecule has 1 saturated heterocycles. The fourth-order valence-electron chi connectivity index (χ4n) is 3.30. The molecule has 2 amide bonds. The van der Waals surface area contributed by atoms with Crippen LogP contribution in [0.2, 0.25) is 0 Å². The van der Waals surface area contributed by atoms with Crippen LogP contribution in [0.5, 0.6) is 0 Å². The SMILES string of the molecule is C=C(Cc1ccccc1NC(=O)CNC(=O)OC)C1CNC(CNS(=O)(=O)C2CC2)CO1. The van der Waals surface area contributed by atoms with E-state index in [2.05, 4.69) is 32.0 Å². The lowest BCUT2D eigenvalue weighted by Crippen LogP contribution is -2.52. The molecule has 11 heteroatoms. The molecule has 1 aliphatic heterocycles. The molecule has 32 heavy (non-hydrogen) atoms. The zero-order valence-corrected chi connectivity index (χ0v) is 18.9. The Bertz CT molecular complexity index is 939. The van der Waals surface area contributed by atoms with Crippen molar-refractivity contribution in [2.45, 2.75) is 36.7 Å². The number of sulfonamides is 1. The van der Waals surface area contributed by atoms with Gasteiger partial charge in [-0.1, -0.05) is 24.8 Å². The van der Waals surface area contributed by atoms with Crippen molar-refractivity contribution in [2.24, 2.45) is 0 Å². The molecule has 3 rings (SSSR count). The standard InChI is InChI=1S/C21H30N4O6S/c1-14(19-11-22-16(13-31-19)10-24-32(28,29)17-7-8-17)9-15-5-3-4-6-18(15)25-20(26)12-23-21(27)30-2/h3-6,16-17,19,22,24H,1,7-13H2,2H3,(H,23,27)(H,25,26). The number of amides is 2. The minimum absolute atomic E-state index is 0.0959. The predicted molar refractivity (Wildman–Crippen MR) is 120 cm³/mol. The van der Waals surface area contributed by atoms with Crippen molar-refractivity contribution >= 4 is 27.7 Å². The van der Waals surface area contributed by atoms with Crippen LogP contribution in [0.15, 0.2) is 36.4 Å². The van der Waals surface area contributed by atoms with Crippen LogP contribution in [-0.2, 0) is 30.7 Å². The Morgan fingerprint density at radius 3 is 2.69 bits per heavy atom. The second kappa shape index (κ2) is 10.9. The number of ether oxygens (including phenoxy) is 2. The highest BCUT2D eigenvalue weighted by Gasteiger charge is 2.36. The van der Waals surface area contributed by atoms with Gasteiger partial charge in [0.1, 0.15) is 6.54 Å². The van der Waals surface area contributed by atoms with Crippen LogP contribution in [0, 0.1) is 0 Å². The number of benzene rings is 1. The first kappa shape index (κ1) is 24.2. The van der Waals surface area contributed by atoms with Crippen LogP contribution < -0.4 is 20.7 Å². The van der Waals surface area contributed by atoms with Crippen LogP contribution in [-0.4, -0.2) is 71.2 Å². The van der Waals surface area contributed by atoms with E-state index in [0.717, 1.165) is 24.0 Å². The fourth-order valence-corrected chi connectivity index (χ4v) is 4.73. The Labute approximate surface area is 188 Å². The van der Waals surface area contributed by atoms with Crippen molar-refractivity contribution in [1.82, 2.24) is 15.4 Å². The third-order valence-electron chi connectivity index (χ3n) is 5.33. The lowest BCUT2D eigenvalue weighted by molar-refractivity contribution is -0.115. The summed E-state index contributed by atoms with van der Waals surface area (Å²) >= 11 is 0. The zero-order chi connectivity index (χ0) is 23.1. The zero-order valence-electron chi connectivity index (χ0n) is 18.1. The van der Waals surface area contributed by atoms with Crippen LogP contribution in [0.3, 0.4) is 0 Å². The third kappa shape index (κ3) is 7.02. The molecular weight excluding hydrogens is 436 g/mol. The summed E-state index contributed by atoms with van der Waals surface area (Å²) in [6.07, 6.45) is 1.05. The lowest BCUT2D eigenvalue weighted by atomic mass is 9.99. The quantitative estimate of drug-likeness (QED) is 0.369. The summed E-state index contributed by atoms with van der Waals surface area (Å²) in [7, 11) is -1.98. The van der Waals surface area contributed by atoms with Crippen molar-refractivity contribution in [1.29, 1.82) is 0 Å². The van der Waals surface area contributed by atoms with E-state index < -0.39 is 16.1 Å². The summed E-state index contributed by atoms with van der Waals surface area (Å²) in [5.74, 6) is -0.375. The number of para-hydroxylation sites is 1. The smallest absolute Gasteiger partial charge is 0.407 e. The highest BCUT2D eigenvalue weighted by molar-refractivity contribution is 7.90. The lowest BCUT2D eigenvalue weighted by Gasteiger charge is -2.32. The van der Waals surface area contributed by atoms with Gasteiger partial charge in [0.2, 0.25) is 15.9 Å². The highest BCUT2D eigenvalue weighted by Crippen LogP contribution is 2.27. The van der Waals surface area contributed by atoms with Crippen molar-refractivity contribution in [2.75, 3.05) is 38.7 Å². The second-order valence-electron chi connectivity index (χ2n) is 7.91. The van der Waals surface area contributed by atoms with Crippen molar-refractivity contribution < 1.29 is 27.5 Å². The first-order valence-electron chi connectivity index (χ1n) is 10.5. The molecule has 176 valence electrons. The van der Waals surface area contributed by atoms with E-state index in [1.807, 2.05) is 18.2 Å². The number of hydrogen-bond acceptors (Lipinski definition) is 7. The number of hydrogen-bond donors (Lipinski definition) is 4. The normalized spacial score (nSPS) is 20.9. The molecule has 2 aliphatic rings. The van der Waals surface area contributed by atoms with Crippen LogP contribution in [0.4, 0.5) is 10.5 Å². The molecule has 2 fully saturated rings. The van der Waals surface area contributed by atoms with Crippen molar-refractivity contribution in [3.05, 3.63) is 42.0 Å². The van der Waals surface area contributed by atoms with Gasteiger partial charge >= 0.3 is 6.09 Å².